The minimum atomic E-state index is -4.64. The smallest absolute Gasteiger partial charge is 0.296 e. The fourth-order valence-electron chi connectivity index (χ4n) is 3.70. The van der Waals surface area contributed by atoms with E-state index >= 15 is 0 Å². The first kappa shape index (κ1) is 25.5. The molecule has 0 saturated carbocycles. The van der Waals surface area contributed by atoms with Gasteiger partial charge in [0.1, 0.15) is 34.1 Å². The molecule has 0 aliphatic rings. The van der Waals surface area contributed by atoms with Crippen LogP contribution in [0.2, 0.25) is 0 Å². The highest BCUT2D eigenvalue weighted by atomic mass is 32.2. The highest BCUT2D eigenvalue weighted by Gasteiger charge is 2.20. The van der Waals surface area contributed by atoms with E-state index in [0.29, 0.717) is 39.5 Å². The molecule has 0 unspecified atom stereocenters. The highest BCUT2D eigenvalue weighted by molar-refractivity contribution is 7.86. The van der Waals surface area contributed by atoms with E-state index in [1.54, 1.807) is 44.0 Å². The fourth-order valence-corrected chi connectivity index (χ4v) is 4.30. The quantitative estimate of drug-likeness (QED) is 0.176. The molecule has 0 atom stereocenters. The van der Waals surface area contributed by atoms with Crippen LogP contribution in [0.4, 0.5) is 34.4 Å². The summed E-state index contributed by atoms with van der Waals surface area (Å²) in [5.74, 6) is 0.552. The summed E-state index contributed by atoms with van der Waals surface area (Å²) in [4.78, 5) is 13.4. The molecule has 4 aromatic rings. The molecule has 0 aliphatic carbocycles. The van der Waals surface area contributed by atoms with E-state index in [0.717, 1.165) is 0 Å². The third-order valence-corrected chi connectivity index (χ3v) is 6.42. The Labute approximate surface area is 212 Å². The van der Waals surface area contributed by atoms with Crippen LogP contribution in [-0.2, 0) is 10.1 Å². The van der Waals surface area contributed by atoms with Gasteiger partial charge in [-0.25, -0.2) is 9.97 Å². The van der Waals surface area contributed by atoms with Crippen LogP contribution in [0.25, 0.3) is 10.8 Å². The Hall–Kier alpha value is -4.56. The standard InChI is InChI=1S/C23H23N9O4S/c1-12-9-14-5-7-16(29-25-3)20(24)19(14)22(33)21(12)31-30-17-10-15(6-8-18(17)37(34,35)36)32(4)23-27-11-26-13(2)28-23/h5-11,33H,24H2,1-4H3,(H,34,35,36). The van der Waals surface area contributed by atoms with Crippen molar-refractivity contribution in [2.75, 3.05) is 24.7 Å². The molecule has 1 heterocycles. The van der Waals surface area contributed by atoms with Crippen LogP contribution in [0.3, 0.4) is 0 Å². The van der Waals surface area contributed by atoms with Crippen molar-refractivity contribution >= 4 is 55.3 Å². The summed E-state index contributed by atoms with van der Waals surface area (Å²) in [6, 6.07) is 9.22. The van der Waals surface area contributed by atoms with E-state index < -0.39 is 15.0 Å². The normalized spacial score (nSPS) is 12.1. The van der Waals surface area contributed by atoms with Crippen molar-refractivity contribution in [3.05, 3.63) is 54.1 Å². The molecule has 0 spiro atoms. The molecule has 4 rings (SSSR count). The number of fused-ring (bicyclic) bond motifs is 1. The van der Waals surface area contributed by atoms with E-state index in [1.807, 2.05) is 0 Å². The van der Waals surface area contributed by atoms with Gasteiger partial charge in [-0.3, -0.25) is 4.55 Å². The number of hydrogen-bond donors (Lipinski definition) is 3. The molecule has 0 radical (unpaired) electrons. The molecule has 0 aliphatic heterocycles. The Morgan fingerprint density at radius 2 is 1.76 bits per heavy atom. The zero-order valence-electron chi connectivity index (χ0n) is 20.3. The number of aromatic nitrogens is 3. The first-order valence-electron chi connectivity index (χ1n) is 10.8. The van der Waals surface area contributed by atoms with Crippen molar-refractivity contribution in [1.82, 2.24) is 15.0 Å². The first-order valence-corrected chi connectivity index (χ1v) is 12.2. The molecule has 37 heavy (non-hydrogen) atoms. The van der Waals surface area contributed by atoms with Crippen LogP contribution >= 0.6 is 0 Å². The lowest BCUT2D eigenvalue weighted by molar-refractivity contribution is 0.482. The average molecular weight is 522 g/mol. The van der Waals surface area contributed by atoms with Gasteiger partial charge >= 0.3 is 0 Å². The van der Waals surface area contributed by atoms with E-state index in [1.165, 1.54) is 31.6 Å². The van der Waals surface area contributed by atoms with Gasteiger partial charge < -0.3 is 15.7 Å². The molecule has 0 fully saturated rings. The number of rotatable bonds is 6. The molecule has 0 saturated heterocycles. The summed E-state index contributed by atoms with van der Waals surface area (Å²) in [5, 5.41) is 27.9. The van der Waals surface area contributed by atoms with Crippen molar-refractivity contribution in [2.45, 2.75) is 18.7 Å². The van der Waals surface area contributed by atoms with Crippen molar-refractivity contribution in [2.24, 2.45) is 20.5 Å². The first-order chi connectivity index (χ1) is 17.5. The summed E-state index contributed by atoms with van der Waals surface area (Å²) < 4.78 is 33.8. The van der Waals surface area contributed by atoms with Crippen LogP contribution in [0.1, 0.15) is 11.4 Å². The molecule has 1 aromatic heterocycles. The highest BCUT2D eigenvalue weighted by Crippen LogP contribution is 2.44. The van der Waals surface area contributed by atoms with E-state index in [4.69, 9.17) is 5.73 Å². The van der Waals surface area contributed by atoms with Gasteiger partial charge in [-0.1, -0.05) is 6.07 Å². The topological polar surface area (TPSA) is 192 Å². The maximum Gasteiger partial charge on any atom is 0.296 e. The number of benzene rings is 3. The molecule has 3 aromatic carbocycles. The third-order valence-electron chi connectivity index (χ3n) is 5.51. The minimum absolute atomic E-state index is 0.0675. The van der Waals surface area contributed by atoms with Crippen LogP contribution in [0.5, 0.6) is 5.75 Å². The van der Waals surface area contributed by atoms with Gasteiger partial charge in [0.15, 0.2) is 5.75 Å². The monoisotopic (exact) mass is 521 g/mol. The summed E-state index contributed by atoms with van der Waals surface area (Å²) >= 11 is 0. The zero-order valence-corrected chi connectivity index (χ0v) is 21.1. The Morgan fingerprint density at radius 3 is 2.43 bits per heavy atom. The van der Waals surface area contributed by atoms with Crippen molar-refractivity contribution < 1.29 is 18.1 Å². The van der Waals surface area contributed by atoms with Gasteiger partial charge in [-0.05, 0) is 55.1 Å². The van der Waals surface area contributed by atoms with Crippen LogP contribution in [0, 0.1) is 13.8 Å². The number of phenolic OH excluding ortho intramolecular Hbond substituents is 1. The third kappa shape index (κ3) is 5.05. The van der Waals surface area contributed by atoms with Crippen molar-refractivity contribution in [1.29, 1.82) is 0 Å². The fraction of sp³-hybridized carbons (Fsp3) is 0.174. The molecule has 13 nitrogen and oxygen atoms in total. The maximum atomic E-state index is 12.0. The van der Waals surface area contributed by atoms with Gasteiger partial charge in [0.2, 0.25) is 5.95 Å². The Morgan fingerprint density at radius 1 is 1.00 bits per heavy atom. The minimum Gasteiger partial charge on any atom is -0.505 e. The van der Waals surface area contributed by atoms with Gasteiger partial charge in [-0.2, -0.15) is 23.6 Å². The lowest BCUT2D eigenvalue weighted by Crippen LogP contribution is -2.14. The predicted molar refractivity (Wildman–Crippen MR) is 138 cm³/mol. The molecule has 14 heteroatoms. The Kier molecular flexibility index (Phi) is 6.78. The van der Waals surface area contributed by atoms with Crippen molar-refractivity contribution in [3.8, 4) is 5.75 Å². The summed E-state index contributed by atoms with van der Waals surface area (Å²) in [5.41, 5.74) is 7.70. The second kappa shape index (κ2) is 9.83. The predicted octanol–water partition coefficient (Wildman–Crippen LogP) is 5.07. The molecule has 4 N–H and O–H groups in total. The number of nitrogens with two attached hydrogens (primary N) is 1. The number of phenols is 1. The van der Waals surface area contributed by atoms with E-state index in [9.17, 15) is 18.1 Å². The van der Waals surface area contributed by atoms with Crippen LogP contribution < -0.4 is 10.6 Å². The van der Waals surface area contributed by atoms with Gasteiger partial charge in [-0.15, -0.1) is 10.2 Å². The second-order valence-corrected chi connectivity index (χ2v) is 9.40. The molecule has 190 valence electrons. The average Bonchev–Trinajstić information content (AvgIpc) is 2.84. The maximum absolute atomic E-state index is 12.0. The molecule has 0 amide bonds. The SMILES string of the molecule is CN=Nc1ccc2cc(C)c(N=Nc3cc(N(C)c4ncnc(C)n4)ccc3S(=O)(=O)O)c(O)c2c1N. The molecule has 0 bridgehead atoms. The summed E-state index contributed by atoms with van der Waals surface area (Å²) in [6.07, 6.45) is 1.35. The van der Waals surface area contributed by atoms with Crippen LogP contribution in [0.15, 0.2) is 68.1 Å². The number of aryl methyl sites for hydroxylation is 2. The van der Waals surface area contributed by atoms with E-state index in [2.05, 4.69) is 35.4 Å². The lowest BCUT2D eigenvalue weighted by atomic mass is 10.0. The van der Waals surface area contributed by atoms with E-state index in [-0.39, 0.29) is 22.8 Å². The number of hydrogen-bond acceptors (Lipinski definition) is 12. The van der Waals surface area contributed by atoms with Gasteiger partial charge in [0, 0.05) is 19.8 Å². The lowest BCUT2D eigenvalue weighted by Gasteiger charge is -2.18. The number of azo groups is 2. The largest absolute Gasteiger partial charge is 0.505 e. The Balaban J connectivity index is 1.85. The number of anilines is 3. The van der Waals surface area contributed by atoms with Gasteiger partial charge in [0.05, 0.1) is 11.1 Å². The zero-order chi connectivity index (χ0) is 26.9. The number of nitrogen functional groups attached to an aromatic ring is 1. The molecular weight excluding hydrogens is 498 g/mol. The summed E-state index contributed by atoms with van der Waals surface area (Å²) in [6.45, 7) is 3.42. The summed E-state index contributed by atoms with van der Waals surface area (Å²) in [7, 11) is -1.47. The van der Waals surface area contributed by atoms with Gasteiger partial charge in [0.25, 0.3) is 10.1 Å². The Bertz CT molecular complexity index is 1690. The van der Waals surface area contributed by atoms with Crippen LogP contribution in [-0.4, -0.2) is 47.1 Å². The number of nitrogens with zero attached hydrogens (tertiary/aromatic N) is 8. The second-order valence-electron chi connectivity index (χ2n) is 8.01. The van der Waals surface area contributed by atoms with Crippen molar-refractivity contribution in [3.63, 3.8) is 0 Å². The number of aromatic hydroxyl groups is 1. The molecular formula is C23H23N9O4S.